The van der Waals surface area contributed by atoms with Gasteiger partial charge in [-0.25, -0.2) is 4.79 Å². The van der Waals surface area contributed by atoms with E-state index in [1.165, 1.54) is 0 Å². The van der Waals surface area contributed by atoms with Crippen molar-refractivity contribution in [3.8, 4) is 0 Å². The Kier molecular flexibility index (Phi) is 4.90. The summed E-state index contributed by atoms with van der Waals surface area (Å²) in [5.41, 5.74) is 8.43. The summed E-state index contributed by atoms with van der Waals surface area (Å²) in [6, 6.07) is 13.0. The van der Waals surface area contributed by atoms with E-state index in [1.807, 2.05) is 49.4 Å². The monoisotopic (exact) mass is 284 g/mol. The molecule has 1 aromatic heterocycles. The Morgan fingerprint density at radius 1 is 1.29 bits per heavy atom. The highest BCUT2D eigenvalue weighted by atomic mass is 16.2. The molecule has 5 heteroatoms. The van der Waals surface area contributed by atoms with E-state index in [4.69, 9.17) is 5.73 Å². The lowest BCUT2D eigenvalue weighted by Crippen LogP contribution is -2.31. The van der Waals surface area contributed by atoms with Gasteiger partial charge in [0.05, 0.1) is 12.2 Å². The minimum Gasteiger partial charge on any atom is -0.324 e. The van der Waals surface area contributed by atoms with Gasteiger partial charge in [0.1, 0.15) is 0 Å². The van der Waals surface area contributed by atoms with E-state index in [0.29, 0.717) is 6.54 Å². The molecule has 0 saturated carbocycles. The van der Waals surface area contributed by atoms with Crippen LogP contribution in [0.15, 0.2) is 48.7 Å². The molecule has 2 amide bonds. The topological polar surface area (TPSA) is 71.2 Å². The van der Waals surface area contributed by atoms with Crippen LogP contribution in [0.4, 0.5) is 10.5 Å². The van der Waals surface area contributed by atoms with Crippen molar-refractivity contribution in [3.63, 3.8) is 0 Å². The Bertz CT molecular complexity index is 581. The fourth-order valence-electron chi connectivity index (χ4n) is 1.90. The normalized spacial score (nSPS) is 11.8. The molecule has 110 valence electrons. The molecule has 2 rings (SSSR count). The van der Waals surface area contributed by atoms with Gasteiger partial charge in [-0.05, 0) is 36.8 Å². The molecule has 1 unspecified atom stereocenters. The van der Waals surface area contributed by atoms with Gasteiger partial charge >= 0.3 is 6.03 Å². The summed E-state index contributed by atoms with van der Waals surface area (Å²) < 4.78 is 0. The predicted octanol–water partition coefficient (Wildman–Crippen LogP) is 2.77. The second-order valence-corrected chi connectivity index (χ2v) is 5.02. The van der Waals surface area contributed by atoms with Crippen LogP contribution in [0.5, 0.6) is 0 Å². The minimum absolute atomic E-state index is 0.0124. The van der Waals surface area contributed by atoms with E-state index in [9.17, 15) is 4.79 Å². The van der Waals surface area contributed by atoms with Crippen molar-refractivity contribution in [1.29, 1.82) is 0 Å². The molecule has 0 saturated heterocycles. The highest BCUT2D eigenvalue weighted by molar-refractivity contribution is 5.89. The first-order valence-corrected chi connectivity index (χ1v) is 6.84. The van der Waals surface area contributed by atoms with Crippen molar-refractivity contribution in [3.05, 3.63) is 59.9 Å². The number of amides is 2. The molecule has 21 heavy (non-hydrogen) atoms. The van der Waals surface area contributed by atoms with Gasteiger partial charge in [-0.1, -0.05) is 18.2 Å². The lowest BCUT2D eigenvalue weighted by Gasteiger charge is -2.17. The van der Waals surface area contributed by atoms with Gasteiger partial charge in [-0.2, -0.15) is 0 Å². The van der Waals surface area contributed by atoms with Crippen LogP contribution in [0.1, 0.15) is 24.2 Å². The smallest absolute Gasteiger partial charge is 0.321 e. The van der Waals surface area contributed by atoms with Crippen LogP contribution in [0.25, 0.3) is 0 Å². The van der Waals surface area contributed by atoms with Gasteiger partial charge in [-0.15, -0.1) is 0 Å². The van der Waals surface area contributed by atoms with E-state index in [1.54, 1.807) is 18.1 Å². The van der Waals surface area contributed by atoms with E-state index in [2.05, 4.69) is 10.3 Å². The number of nitrogens with two attached hydrogens (primary N) is 1. The highest BCUT2D eigenvalue weighted by Crippen LogP contribution is 2.14. The fourth-order valence-corrected chi connectivity index (χ4v) is 1.90. The molecule has 3 N–H and O–H groups in total. The number of benzene rings is 1. The fraction of sp³-hybridized carbons (Fsp3) is 0.250. The van der Waals surface area contributed by atoms with E-state index >= 15 is 0 Å². The molecule has 2 aromatic rings. The lowest BCUT2D eigenvalue weighted by atomic mass is 10.1. The van der Waals surface area contributed by atoms with Crippen molar-refractivity contribution in [1.82, 2.24) is 9.88 Å². The molecule has 0 radical (unpaired) electrons. The summed E-state index contributed by atoms with van der Waals surface area (Å²) in [6.45, 7) is 2.39. The quantitative estimate of drug-likeness (QED) is 0.907. The summed E-state index contributed by atoms with van der Waals surface area (Å²) in [5.74, 6) is 0. The number of nitrogens with one attached hydrogen (secondary N) is 1. The van der Waals surface area contributed by atoms with Gasteiger partial charge in [0.2, 0.25) is 0 Å². The Morgan fingerprint density at radius 3 is 2.57 bits per heavy atom. The van der Waals surface area contributed by atoms with Crippen LogP contribution >= 0.6 is 0 Å². The maximum Gasteiger partial charge on any atom is 0.321 e. The predicted molar refractivity (Wildman–Crippen MR) is 83.8 cm³/mol. The van der Waals surface area contributed by atoms with E-state index in [-0.39, 0.29) is 12.1 Å². The van der Waals surface area contributed by atoms with Crippen molar-refractivity contribution >= 4 is 11.7 Å². The van der Waals surface area contributed by atoms with Gasteiger partial charge in [0, 0.05) is 25.0 Å². The minimum atomic E-state index is -0.172. The van der Waals surface area contributed by atoms with Gasteiger partial charge in [0.15, 0.2) is 0 Å². The highest BCUT2D eigenvalue weighted by Gasteiger charge is 2.10. The number of pyridine rings is 1. The zero-order chi connectivity index (χ0) is 15.2. The first kappa shape index (κ1) is 15.0. The number of carbonyl (C=O) groups is 1. The van der Waals surface area contributed by atoms with Crippen LogP contribution in [0, 0.1) is 0 Å². The molecule has 0 aliphatic rings. The van der Waals surface area contributed by atoms with E-state index < -0.39 is 0 Å². The maximum absolute atomic E-state index is 12.1. The standard InChI is InChI=1S/C16H20N4O/c1-12(17)13-6-8-14(9-7-13)19-16(21)20(2)11-15-5-3-4-10-18-15/h3-10,12H,11,17H2,1-2H3,(H,19,21). The largest absolute Gasteiger partial charge is 0.324 e. The number of urea groups is 1. The molecular formula is C16H20N4O. The number of aromatic nitrogens is 1. The maximum atomic E-state index is 12.1. The zero-order valence-corrected chi connectivity index (χ0v) is 12.3. The third-order valence-electron chi connectivity index (χ3n) is 3.16. The number of anilines is 1. The Hall–Kier alpha value is -2.40. The Balaban J connectivity index is 1.94. The van der Waals surface area contributed by atoms with Crippen molar-refractivity contribution < 1.29 is 4.79 Å². The molecule has 1 atom stereocenters. The molecule has 1 heterocycles. The third kappa shape index (κ3) is 4.29. The molecule has 0 fully saturated rings. The summed E-state index contributed by atoms with van der Waals surface area (Å²) in [5, 5.41) is 2.85. The van der Waals surface area contributed by atoms with Crippen LogP contribution in [0.3, 0.4) is 0 Å². The average Bonchev–Trinajstić information content (AvgIpc) is 2.48. The molecule has 0 spiro atoms. The van der Waals surface area contributed by atoms with Crippen LogP contribution in [-0.2, 0) is 6.54 Å². The molecule has 0 bridgehead atoms. The summed E-state index contributed by atoms with van der Waals surface area (Å²) in [7, 11) is 1.74. The molecule has 1 aromatic carbocycles. The van der Waals surface area contributed by atoms with E-state index in [0.717, 1.165) is 16.9 Å². The number of hydrogen-bond acceptors (Lipinski definition) is 3. The van der Waals surface area contributed by atoms with Crippen molar-refractivity contribution in [2.24, 2.45) is 5.73 Å². The summed E-state index contributed by atoms with van der Waals surface area (Å²) in [4.78, 5) is 17.9. The lowest BCUT2D eigenvalue weighted by molar-refractivity contribution is 0.220. The van der Waals surface area contributed by atoms with Crippen LogP contribution in [0.2, 0.25) is 0 Å². The van der Waals surface area contributed by atoms with Crippen LogP contribution < -0.4 is 11.1 Å². The second-order valence-electron chi connectivity index (χ2n) is 5.02. The summed E-state index contributed by atoms with van der Waals surface area (Å²) in [6.07, 6.45) is 1.72. The van der Waals surface area contributed by atoms with Gasteiger partial charge in [-0.3, -0.25) is 4.98 Å². The number of rotatable bonds is 4. The third-order valence-corrected chi connectivity index (χ3v) is 3.16. The Labute approximate surface area is 124 Å². The van der Waals surface area contributed by atoms with Crippen LogP contribution in [-0.4, -0.2) is 23.0 Å². The first-order valence-electron chi connectivity index (χ1n) is 6.84. The SMILES string of the molecule is CC(N)c1ccc(NC(=O)N(C)Cc2ccccn2)cc1. The summed E-state index contributed by atoms with van der Waals surface area (Å²) >= 11 is 0. The number of nitrogens with zero attached hydrogens (tertiary/aromatic N) is 2. The van der Waals surface area contributed by atoms with Crippen molar-refractivity contribution in [2.45, 2.75) is 19.5 Å². The number of carbonyl (C=O) groups excluding carboxylic acids is 1. The second kappa shape index (κ2) is 6.85. The molecule has 5 nitrogen and oxygen atoms in total. The first-order chi connectivity index (χ1) is 10.1. The van der Waals surface area contributed by atoms with Gasteiger partial charge < -0.3 is 16.0 Å². The number of hydrogen-bond donors (Lipinski definition) is 2. The zero-order valence-electron chi connectivity index (χ0n) is 12.3. The molecule has 0 aliphatic carbocycles. The van der Waals surface area contributed by atoms with Gasteiger partial charge in [0.25, 0.3) is 0 Å². The molecule has 0 aliphatic heterocycles. The molecular weight excluding hydrogens is 264 g/mol. The van der Waals surface area contributed by atoms with Crippen molar-refractivity contribution in [2.75, 3.05) is 12.4 Å². The average molecular weight is 284 g/mol. The Morgan fingerprint density at radius 2 is 2.00 bits per heavy atom.